The Morgan fingerprint density at radius 1 is 1.16 bits per heavy atom. The molecule has 3 rings (SSSR count). The first-order valence-corrected chi connectivity index (χ1v) is 8.98. The molecule has 134 valence electrons. The molecule has 6 nitrogen and oxygen atoms in total. The van der Waals surface area contributed by atoms with E-state index in [0.717, 1.165) is 18.8 Å². The number of nitrogens with zero attached hydrogens (tertiary/aromatic N) is 4. The first kappa shape index (κ1) is 17.6. The number of aryl methyl sites for hydroxylation is 1. The standard InChI is InChI=1S/C19H27N5O/c1-15-7-9-16(10-8-15)24-13-17(21-22-24)18(25)20-14-19(2,3)23-11-5-4-6-12-23/h7-10,13H,4-6,11-12,14H2,1-3H3,(H,20,25). The summed E-state index contributed by atoms with van der Waals surface area (Å²) in [5.74, 6) is -0.177. The number of rotatable bonds is 5. The monoisotopic (exact) mass is 341 g/mol. The van der Waals surface area contributed by atoms with Gasteiger partial charge < -0.3 is 5.32 Å². The van der Waals surface area contributed by atoms with Crippen LogP contribution in [-0.2, 0) is 0 Å². The number of nitrogens with one attached hydrogen (secondary N) is 1. The van der Waals surface area contributed by atoms with Crippen molar-refractivity contribution in [3.63, 3.8) is 0 Å². The molecular formula is C19H27N5O. The third-order valence-corrected chi connectivity index (χ3v) is 4.92. The smallest absolute Gasteiger partial charge is 0.273 e. The number of carbonyl (C=O) groups excluding carboxylic acids is 1. The maximum Gasteiger partial charge on any atom is 0.273 e. The quantitative estimate of drug-likeness (QED) is 0.908. The summed E-state index contributed by atoms with van der Waals surface area (Å²) in [5.41, 5.74) is 2.37. The molecule has 1 N–H and O–H groups in total. The van der Waals surface area contributed by atoms with Crippen molar-refractivity contribution in [3.05, 3.63) is 41.7 Å². The lowest BCUT2D eigenvalue weighted by atomic mass is 9.98. The molecule has 25 heavy (non-hydrogen) atoms. The molecule has 0 spiro atoms. The van der Waals surface area contributed by atoms with Crippen molar-refractivity contribution < 1.29 is 4.79 Å². The average molecular weight is 341 g/mol. The van der Waals surface area contributed by atoms with Crippen LogP contribution in [0, 0.1) is 6.92 Å². The summed E-state index contributed by atoms with van der Waals surface area (Å²) in [6.07, 6.45) is 5.46. The minimum Gasteiger partial charge on any atom is -0.349 e. The fourth-order valence-corrected chi connectivity index (χ4v) is 3.19. The molecule has 1 amide bonds. The summed E-state index contributed by atoms with van der Waals surface area (Å²) in [5, 5.41) is 11.1. The van der Waals surface area contributed by atoms with E-state index in [1.807, 2.05) is 31.2 Å². The molecule has 1 saturated heterocycles. The van der Waals surface area contributed by atoms with Gasteiger partial charge in [-0.15, -0.1) is 5.10 Å². The molecule has 0 unspecified atom stereocenters. The lowest BCUT2D eigenvalue weighted by molar-refractivity contribution is 0.0794. The van der Waals surface area contributed by atoms with Gasteiger partial charge in [0.1, 0.15) is 0 Å². The molecule has 0 radical (unpaired) electrons. The van der Waals surface area contributed by atoms with Gasteiger partial charge in [0.05, 0.1) is 11.9 Å². The Morgan fingerprint density at radius 2 is 1.84 bits per heavy atom. The third-order valence-electron chi connectivity index (χ3n) is 4.92. The number of aromatic nitrogens is 3. The van der Waals surface area contributed by atoms with E-state index < -0.39 is 0 Å². The van der Waals surface area contributed by atoms with Gasteiger partial charge in [0, 0.05) is 12.1 Å². The minimum absolute atomic E-state index is 0.0525. The highest BCUT2D eigenvalue weighted by atomic mass is 16.2. The SMILES string of the molecule is Cc1ccc(-n2cc(C(=O)NCC(C)(C)N3CCCCC3)nn2)cc1. The summed E-state index contributed by atoms with van der Waals surface area (Å²) in [6, 6.07) is 7.95. The van der Waals surface area contributed by atoms with Gasteiger partial charge in [-0.1, -0.05) is 29.3 Å². The van der Waals surface area contributed by atoms with E-state index in [2.05, 4.69) is 34.4 Å². The molecule has 2 heterocycles. The van der Waals surface area contributed by atoms with Crippen molar-refractivity contribution in [2.24, 2.45) is 0 Å². The summed E-state index contributed by atoms with van der Waals surface area (Å²) in [6.45, 7) is 9.21. The van der Waals surface area contributed by atoms with Gasteiger partial charge in [-0.05, 0) is 58.8 Å². The Bertz CT molecular complexity index is 714. The second-order valence-electron chi connectivity index (χ2n) is 7.43. The van der Waals surface area contributed by atoms with E-state index in [1.54, 1.807) is 10.9 Å². The Kier molecular flexibility index (Phi) is 5.18. The van der Waals surface area contributed by atoms with Gasteiger partial charge in [-0.3, -0.25) is 9.69 Å². The third kappa shape index (κ3) is 4.25. The first-order chi connectivity index (χ1) is 12.0. The predicted octanol–water partition coefficient (Wildman–Crippen LogP) is 2.57. The number of amides is 1. The van der Waals surface area contributed by atoms with Gasteiger partial charge in [-0.25, -0.2) is 4.68 Å². The topological polar surface area (TPSA) is 63.1 Å². The van der Waals surface area contributed by atoms with Crippen LogP contribution in [0.3, 0.4) is 0 Å². The zero-order valence-electron chi connectivity index (χ0n) is 15.3. The van der Waals surface area contributed by atoms with Crippen molar-refractivity contribution in [3.8, 4) is 5.69 Å². The lowest BCUT2D eigenvalue weighted by Gasteiger charge is -2.41. The average Bonchev–Trinajstić information content (AvgIpc) is 3.11. The zero-order valence-corrected chi connectivity index (χ0v) is 15.3. The zero-order chi connectivity index (χ0) is 17.9. The molecule has 1 aromatic carbocycles. The molecule has 0 saturated carbocycles. The van der Waals surface area contributed by atoms with Crippen LogP contribution in [0.4, 0.5) is 0 Å². The van der Waals surface area contributed by atoms with Crippen molar-refractivity contribution >= 4 is 5.91 Å². The second-order valence-corrected chi connectivity index (χ2v) is 7.43. The molecule has 1 aliphatic heterocycles. The number of hydrogen-bond donors (Lipinski definition) is 1. The van der Waals surface area contributed by atoms with Crippen molar-refractivity contribution in [1.82, 2.24) is 25.2 Å². The highest BCUT2D eigenvalue weighted by molar-refractivity contribution is 5.91. The van der Waals surface area contributed by atoms with Gasteiger partial charge >= 0.3 is 0 Å². The van der Waals surface area contributed by atoms with Crippen LogP contribution in [0.15, 0.2) is 30.5 Å². The predicted molar refractivity (Wildman–Crippen MR) is 97.9 cm³/mol. The molecule has 2 aromatic rings. The normalized spacial score (nSPS) is 16.0. The van der Waals surface area contributed by atoms with E-state index in [0.29, 0.717) is 12.2 Å². The van der Waals surface area contributed by atoms with E-state index in [9.17, 15) is 4.79 Å². The molecule has 0 aliphatic carbocycles. The maximum atomic E-state index is 12.4. The first-order valence-electron chi connectivity index (χ1n) is 8.98. The highest BCUT2D eigenvalue weighted by Gasteiger charge is 2.28. The molecular weight excluding hydrogens is 314 g/mol. The van der Waals surface area contributed by atoms with Crippen LogP contribution in [-0.4, -0.2) is 51.0 Å². The largest absolute Gasteiger partial charge is 0.349 e. The number of hydrogen-bond acceptors (Lipinski definition) is 4. The fraction of sp³-hybridized carbons (Fsp3) is 0.526. The lowest BCUT2D eigenvalue weighted by Crippen LogP contribution is -2.53. The Hall–Kier alpha value is -2.21. The van der Waals surface area contributed by atoms with Crippen LogP contribution in [0.1, 0.15) is 49.2 Å². The Labute approximate surface area is 149 Å². The summed E-state index contributed by atoms with van der Waals surface area (Å²) < 4.78 is 1.63. The van der Waals surface area contributed by atoms with Gasteiger partial charge in [0.15, 0.2) is 5.69 Å². The van der Waals surface area contributed by atoms with Crippen LogP contribution >= 0.6 is 0 Å². The van der Waals surface area contributed by atoms with Crippen LogP contribution in [0.5, 0.6) is 0 Å². The summed E-state index contributed by atoms with van der Waals surface area (Å²) >= 11 is 0. The van der Waals surface area contributed by atoms with Crippen molar-refractivity contribution in [1.29, 1.82) is 0 Å². The van der Waals surface area contributed by atoms with Gasteiger partial charge in [-0.2, -0.15) is 0 Å². The Balaban J connectivity index is 1.61. The van der Waals surface area contributed by atoms with Gasteiger partial charge in [0.2, 0.25) is 0 Å². The van der Waals surface area contributed by atoms with Crippen molar-refractivity contribution in [2.45, 2.75) is 45.6 Å². The van der Waals surface area contributed by atoms with Crippen LogP contribution < -0.4 is 5.32 Å². The van der Waals surface area contributed by atoms with E-state index in [-0.39, 0.29) is 11.4 Å². The van der Waals surface area contributed by atoms with E-state index >= 15 is 0 Å². The minimum atomic E-state index is -0.177. The molecule has 0 atom stereocenters. The molecule has 6 heteroatoms. The maximum absolute atomic E-state index is 12.4. The summed E-state index contributed by atoms with van der Waals surface area (Å²) in [4.78, 5) is 14.9. The number of likely N-dealkylation sites (tertiary alicyclic amines) is 1. The van der Waals surface area contributed by atoms with E-state index in [4.69, 9.17) is 0 Å². The molecule has 0 bridgehead atoms. The van der Waals surface area contributed by atoms with Crippen LogP contribution in [0.25, 0.3) is 5.69 Å². The molecule has 1 aromatic heterocycles. The van der Waals surface area contributed by atoms with Gasteiger partial charge in [0.25, 0.3) is 5.91 Å². The number of benzene rings is 1. The molecule has 1 fully saturated rings. The molecule has 1 aliphatic rings. The fourth-order valence-electron chi connectivity index (χ4n) is 3.19. The van der Waals surface area contributed by atoms with E-state index in [1.165, 1.54) is 24.8 Å². The highest BCUT2D eigenvalue weighted by Crippen LogP contribution is 2.20. The summed E-state index contributed by atoms with van der Waals surface area (Å²) in [7, 11) is 0. The number of carbonyl (C=O) groups is 1. The van der Waals surface area contributed by atoms with Crippen molar-refractivity contribution in [2.75, 3.05) is 19.6 Å². The second kappa shape index (κ2) is 7.35. The number of piperidine rings is 1. The van der Waals surface area contributed by atoms with Crippen LogP contribution in [0.2, 0.25) is 0 Å². The Morgan fingerprint density at radius 3 is 2.52 bits per heavy atom.